The summed E-state index contributed by atoms with van der Waals surface area (Å²) in [6, 6.07) is 27.9. The number of phenols is 1. The summed E-state index contributed by atoms with van der Waals surface area (Å²) in [4.78, 5) is 31.2. The second-order valence-electron chi connectivity index (χ2n) is 10.6. The lowest BCUT2D eigenvalue weighted by atomic mass is 10.0. The molecule has 0 fully saturated rings. The second kappa shape index (κ2) is 15.6. The molecule has 1 aliphatic heterocycles. The Balaban J connectivity index is 0.00000216. The standard InChI is InChI=1S/C35H36N2O5.C2H6/c1-3-4-17-36(2)34(39)30-19-31(35(40)37-21-27-15-16-29(38)18-28(27)22-37)33(42-24-26-13-9-6-10-14-26)20-32(30)41-23-25-11-7-5-8-12-25;1-2/h5-16,18-20,38H,3-4,17,21-24H2,1-2H3;1-2H3. The third kappa shape index (κ3) is 7.98. The van der Waals surface area contributed by atoms with E-state index in [4.69, 9.17) is 9.47 Å². The van der Waals surface area contributed by atoms with Gasteiger partial charge < -0.3 is 24.4 Å². The van der Waals surface area contributed by atoms with Crippen molar-refractivity contribution in [2.75, 3.05) is 13.6 Å². The van der Waals surface area contributed by atoms with Gasteiger partial charge in [0.15, 0.2) is 0 Å². The Labute approximate surface area is 260 Å². The topological polar surface area (TPSA) is 79.3 Å². The predicted molar refractivity (Wildman–Crippen MR) is 173 cm³/mol. The lowest BCUT2D eigenvalue weighted by molar-refractivity contribution is 0.0746. The summed E-state index contributed by atoms with van der Waals surface area (Å²) in [7, 11) is 1.77. The van der Waals surface area contributed by atoms with Crippen molar-refractivity contribution in [2.45, 2.75) is 59.9 Å². The number of hydrogen-bond donors (Lipinski definition) is 1. The first kappa shape index (κ1) is 32.1. The molecular weight excluding hydrogens is 552 g/mol. The highest BCUT2D eigenvalue weighted by atomic mass is 16.5. The third-order valence-corrected chi connectivity index (χ3v) is 7.41. The molecule has 0 aromatic heterocycles. The van der Waals surface area contributed by atoms with Crippen molar-refractivity contribution in [3.05, 3.63) is 124 Å². The van der Waals surface area contributed by atoms with E-state index in [2.05, 4.69) is 6.92 Å². The van der Waals surface area contributed by atoms with E-state index in [-0.39, 0.29) is 30.8 Å². The molecule has 0 unspecified atom stereocenters. The van der Waals surface area contributed by atoms with Crippen LogP contribution in [0, 0.1) is 0 Å². The fourth-order valence-electron chi connectivity index (χ4n) is 5.00. The summed E-state index contributed by atoms with van der Waals surface area (Å²) in [5.41, 5.74) is 4.39. The smallest absolute Gasteiger partial charge is 0.258 e. The van der Waals surface area contributed by atoms with Crippen LogP contribution in [0.5, 0.6) is 17.2 Å². The maximum absolute atomic E-state index is 14.1. The first-order valence-corrected chi connectivity index (χ1v) is 15.3. The average Bonchev–Trinajstić information content (AvgIpc) is 3.49. The van der Waals surface area contributed by atoms with Crippen LogP contribution in [0.15, 0.2) is 91.0 Å². The van der Waals surface area contributed by atoms with Crippen LogP contribution >= 0.6 is 0 Å². The molecule has 4 aromatic rings. The molecule has 5 rings (SSSR count). The Morgan fingerprint density at radius 3 is 1.93 bits per heavy atom. The number of hydrogen-bond acceptors (Lipinski definition) is 5. The van der Waals surface area contributed by atoms with Gasteiger partial charge in [0.2, 0.25) is 0 Å². The van der Waals surface area contributed by atoms with E-state index < -0.39 is 0 Å². The van der Waals surface area contributed by atoms with Crippen molar-refractivity contribution < 1.29 is 24.2 Å². The Hall–Kier alpha value is -4.78. The molecule has 1 heterocycles. The van der Waals surface area contributed by atoms with Gasteiger partial charge in [-0.3, -0.25) is 9.59 Å². The van der Waals surface area contributed by atoms with Gasteiger partial charge in [-0.05, 0) is 46.9 Å². The fourth-order valence-corrected chi connectivity index (χ4v) is 5.00. The van der Waals surface area contributed by atoms with Crippen LogP contribution in [0.3, 0.4) is 0 Å². The van der Waals surface area contributed by atoms with Gasteiger partial charge in [-0.2, -0.15) is 0 Å². The summed E-state index contributed by atoms with van der Waals surface area (Å²) in [5.74, 6) is 0.399. The van der Waals surface area contributed by atoms with Crippen LogP contribution in [0.25, 0.3) is 0 Å². The summed E-state index contributed by atoms with van der Waals surface area (Å²) >= 11 is 0. The first-order chi connectivity index (χ1) is 21.4. The number of rotatable bonds is 11. The van der Waals surface area contributed by atoms with Crippen molar-refractivity contribution in [2.24, 2.45) is 0 Å². The maximum atomic E-state index is 14.1. The normalized spacial score (nSPS) is 11.7. The Morgan fingerprint density at radius 1 is 0.773 bits per heavy atom. The summed E-state index contributed by atoms with van der Waals surface area (Å²) in [6.45, 7) is 7.93. The number of ether oxygens (including phenoxy) is 2. The number of amides is 2. The molecule has 0 saturated carbocycles. The molecule has 7 nitrogen and oxygen atoms in total. The molecule has 0 spiro atoms. The zero-order chi connectivity index (χ0) is 31.5. The lowest BCUT2D eigenvalue weighted by Gasteiger charge is -2.23. The molecule has 0 bridgehead atoms. The predicted octanol–water partition coefficient (Wildman–Crippen LogP) is 7.60. The van der Waals surface area contributed by atoms with Gasteiger partial charge in [0.05, 0.1) is 11.1 Å². The molecule has 7 heteroatoms. The lowest BCUT2D eigenvalue weighted by Crippen LogP contribution is -2.30. The van der Waals surface area contributed by atoms with Crippen LogP contribution in [0.4, 0.5) is 0 Å². The quantitative estimate of drug-likeness (QED) is 0.193. The molecular formula is C37H42N2O5. The van der Waals surface area contributed by atoms with Crippen LogP contribution in [0.1, 0.15) is 76.6 Å². The number of carbonyl (C=O) groups excluding carboxylic acids is 2. The van der Waals surface area contributed by atoms with Gasteiger partial charge in [0.1, 0.15) is 30.5 Å². The van der Waals surface area contributed by atoms with Crippen molar-refractivity contribution in [1.82, 2.24) is 9.80 Å². The number of aromatic hydroxyl groups is 1. The number of phenolic OH excluding ortho intramolecular Hbond substituents is 1. The highest BCUT2D eigenvalue weighted by Gasteiger charge is 2.30. The van der Waals surface area contributed by atoms with Gasteiger partial charge >= 0.3 is 0 Å². The number of benzene rings is 4. The summed E-state index contributed by atoms with van der Waals surface area (Å²) in [6.07, 6.45) is 1.82. The van der Waals surface area contributed by atoms with E-state index in [9.17, 15) is 14.7 Å². The van der Waals surface area contributed by atoms with E-state index >= 15 is 0 Å². The van der Waals surface area contributed by atoms with Crippen molar-refractivity contribution in [3.63, 3.8) is 0 Å². The second-order valence-corrected chi connectivity index (χ2v) is 10.6. The van der Waals surface area contributed by atoms with Gasteiger partial charge in [-0.1, -0.05) is 93.9 Å². The molecule has 1 aliphatic rings. The SMILES string of the molecule is CC.CCCCN(C)C(=O)c1cc(C(=O)N2Cc3ccc(O)cc3C2)c(OCc2ccccc2)cc1OCc1ccccc1. The van der Waals surface area contributed by atoms with E-state index in [1.54, 1.807) is 41.1 Å². The molecule has 4 aromatic carbocycles. The molecule has 0 saturated heterocycles. The molecule has 0 atom stereocenters. The van der Waals surface area contributed by atoms with Crippen LogP contribution in [-0.2, 0) is 26.3 Å². The van der Waals surface area contributed by atoms with Crippen LogP contribution in [0.2, 0.25) is 0 Å². The van der Waals surface area contributed by atoms with Gasteiger partial charge in [-0.15, -0.1) is 0 Å². The highest BCUT2D eigenvalue weighted by molar-refractivity contribution is 6.03. The summed E-state index contributed by atoms with van der Waals surface area (Å²) < 4.78 is 12.5. The minimum atomic E-state index is -0.256. The highest BCUT2D eigenvalue weighted by Crippen LogP contribution is 2.35. The molecule has 0 aliphatic carbocycles. The molecule has 1 N–H and O–H groups in total. The van der Waals surface area contributed by atoms with Crippen molar-refractivity contribution in [3.8, 4) is 17.2 Å². The number of carbonyl (C=O) groups is 2. The maximum Gasteiger partial charge on any atom is 0.258 e. The zero-order valence-corrected chi connectivity index (χ0v) is 26.1. The van der Waals surface area contributed by atoms with E-state index in [1.165, 1.54) is 0 Å². The minimum absolute atomic E-state index is 0.165. The van der Waals surface area contributed by atoms with E-state index in [0.717, 1.165) is 35.1 Å². The molecule has 0 radical (unpaired) electrons. The molecule has 44 heavy (non-hydrogen) atoms. The van der Waals surface area contributed by atoms with E-state index in [1.807, 2.05) is 80.6 Å². The first-order valence-electron chi connectivity index (χ1n) is 15.3. The zero-order valence-electron chi connectivity index (χ0n) is 26.1. The minimum Gasteiger partial charge on any atom is -0.508 e. The van der Waals surface area contributed by atoms with Crippen molar-refractivity contribution >= 4 is 11.8 Å². The Kier molecular flexibility index (Phi) is 11.4. The van der Waals surface area contributed by atoms with Gasteiger partial charge in [-0.25, -0.2) is 0 Å². The largest absolute Gasteiger partial charge is 0.508 e. The average molecular weight is 595 g/mol. The molecule has 230 valence electrons. The Bertz CT molecular complexity index is 1540. The molecule has 2 amide bonds. The monoisotopic (exact) mass is 594 g/mol. The summed E-state index contributed by atoms with van der Waals surface area (Å²) in [5, 5.41) is 9.96. The number of fused-ring (bicyclic) bond motifs is 1. The number of nitrogens with zero attached hydrogens (tertiary/aromatic N) is 2. The fraction of sp³-hybridized carbons (Fsp3) is 0.297. The third-order valence-electron chi connectivity index (χ3n) is 7.41. The van der Waals surface area contributed by atoms with Crippen LogP contribution < -0.4 is 9.47 Å². The van der Waals surface area contributed by atoms with Crippen molar-refractivity contribution in [1.29, 1.82) is 0 Å². The van der Waals surface area contributed by atoms with Crippen LogP contribution in [-0.4, -0.2) is 40.3 Å². The van der Waals surface area contributed by atoms with Gasteiger partial charge in [0, 0.05) is 32.7 Å². The van der Waals surface area contributed by atoms with E-state index in [0.29, 0.717) is 42.3 Å². The Morgan fingerprint density at radius 2 is 1.34 bits per heavy atom. The number of unbranched alkanes of at least 4 members (excludes halogenated alkanes) is 1. The van der Waals surface area contributed by atoms with Gasteiger partial charge in [0.25, 0.3) is 11.8 Å².